The first-order valence-electron chi connectivity index (χ1n) is 9.08. The van der Waals surface area contributed by atoms with Crippen molar-refractivity contribution in [2.75, 3.05) is 39.0 Å². The number of hydrogen-bond acceptors (Lipinski definition) is 5. The van der Waals surface area contributed by atoms with Crippen molar-refractivity contribution >= 4 is 27.3 Å². The van der Waals surface area contributed by atoms with Crippen molar-refractivity contribution < 1.29 is 21.6 Å². The molecule has 0 unspecified atom stereocenters. The van der Waals surface area contributed by atoms with E-state index in [1.165, 1.54) is 10.6 Å². The van der Waals surface area contributed by atoms with Gasteiger partial charge in [0.05, 0.1) is 11.3 Å². The summed E-state index contributed by atoms with van der Waals surface area (Å²) in [5, 5.41) is 7.66. The second-order valence-corrected chi connectivity index (χ2v) is 9.55. The van der Waals surface area contributed by atoms with Gasteiger partial charge in [0.25, 0.3) is 0 Å². The molecule has 2 heterocycles. The number of aliphatic imine (C=N–C) groups is 1. The molecule has 7 nitrogen and oxygen atoms in total. The minimum Gasteiger partial charge on any atom is -0.357 e. The molecule has 28 heavy (non-hydrogen) atoms. The Labute approximate surface area is 167 Å². The van der Waals surface area contributed by atoms with Crippen molar-refractivity contribution in [3.8, 4) is 0 Å². The van der Waals surface area contributed by atoms with Gasteiger partial charge >= 0.3 is 6.18 Å². The second kappa shape index (κ2) is 9.88. The third kappa shape index (κ3) is 7.21. The number of nitrogens with zero attached hydrogens (tertiary/aromatic N) is 3. The summed E-state index contributed by atoms with van der Waals surface area (Å²) in [7, 11) is -3.14. The third-order valence-corrected chi connectivity index (χ3v) is 6.58. The molecule has 2 N–H and O–H groups in total. The molecule has 0 amide bonds. The molecule has 1 aromatic heterocycles. The fourth-order valence-corrected chi connectivity index (χ4v) is 4.51. The molecule has 1 fully saturated rings. The number of sulfonamides is 1. The van der Waals surface area contributed by atoms with Gasteiger partial charge in [0, 0.05) is 44.5 Å². The van der Waals surface area contributed by atoms with Gasteiger partial charge < -0.3 is 10.6 Å². The Balaban J connectivity index is 1.80. The van der Waals surface area contributed by atoms with Crippen LogP contribution in [0.15, 0.2) is 10.4 Å². The number of piperidine rings is 1. The quantitative estimate of drug-likeness (QED) is 0.499. The van der Waals surface area contributed by atoms with E-state index in [0.717, 1.165) is 29.6 Å². The van der Waals surface area contributed by atoms with Crippen LogP contribution in [-0.4, -0.2) is 62.6 Å². The number of aromatic nitrogens is 1. The van der Waals surface area contributed by atoms with Crippen LogP contribution in [0.5, 0.6) is 0 Å². The van der Waals surface area contributed by atoms with E-state index in [1.807, 2.05) is 6.92 Å². The first kappa shape index (κ1) is 22.9. The molecule has 0 saturated carbocycles. The summed E-state index contributed by atoms with van der Waals surface area (Å²) in [5.74, 6) is 0.905. The lowest BCUT2D eigenvalue weighted by atomic mass is 9.98. The van der Waals surface area contributed by atoms with Gasteiger partial charge in [-0.25, -0.2) is 17.7 Å². The van der Waals surface area contributed by atoms with Gasteiger partial charge in [-0.2, -0.15) is 13.2 Å². The van der Waals surface area contributed by atoms with Crippen LogP contribution >= 0.6 is 11.3 Å². The first-order valence-corrected chi connectivity index (χ1v) is 11.8. The number of halogens is 3. The van der Waals surface area contributed by atoms with Crippen molar-refractivity contribution in [1.82, 2.24) is 19.9 Å². The van der Waals surface area contributed by atoms with Crippen molar-refractivity contribution in [3.05, 3.63) is 16.1 Å². The third-order valence-electron chi connectivity index (χ3n) is 4.37. The Morgan fingerprint density at radius 2 is 2.04 bits per heavy atom. The van der Waals surface area contributed by atoms with Crippen LogP contribution in [0.4, 0.5) is 13.2 Å². The van der Waals surface area contributed by atoms with Gasteiger partial charge in [-0.3, -0.25) is 4.99 Å². The number of alkyl halides is 3. The maximum atomic E-state index is 12.6. The van der Waals surface area contributed by atoms with Crippen LogP contribution in [0.1, 0.15) is 30.5 Å². The van der Waals surface area contributed by atoms with Gasteiger partial charge in [0.15, 0.2) is 11.7 Å². The molecule has 0 radical (unpaired) electrons. The van der Waals surface area contributed by atoms with Gasteiger partial charge in [-0.1, -0.05) is 0 Å². The predicted molar refractivity (Wildman–Crippen MR) is 104 cm³/mol. The van der Waals surface area contributed by atoms with Gasteiger partial charge in [0.2, 0.25) is 10.0 Å². The standard InChI is InChI=1S/C16H26F3N5O2S2/c1-3-20-15(21-7-4-14-23-13(11-27-14)16(17,18)19)22-10-12-5-8-24(9-6-12)28(2,25)26/h11-12H,3-10H2,1-2H3,(H2,20,21,22). The van der Waals surface area contributed by atoms with Crippen LogP contribution in [-0.2, 0) is 22.6 Å². The molecule has 0 aromatic carbocycles. The van der Waals surface area contributed by atoms with E-state index in [4.69, 9.17) is 0 Å². The largest absolute Gasteiger partial charge is 0.434 e. The number of thiazole rings is 1. The zero-order valence-corrected chi connectivity index (χ0v) is 17.6. The first-order chi connectivity index (χ1) is 13.1. The summed E-state index contributed by atoms with van der Waals surface area (Å²) in [6.07, 6.45) is -1.30. The Bertz CT molecular complexity index is 757. The number of rotatable bonds is 7. The topological polar surface area (TPSA) is 86.7 Å². The predicted octanol–water partition coefficient (Wildman–Crippen LogP) is 1.93. The van der Waals surface area contributed by atoms with E-state index in [1.54, 1.807) is 0 Å². The Kier molecular flexibility index (Phi) is 8.07. The van der Waals surface area contributed by atoms with Crippen LogP contribution < -0.4 is 10.6 Å². The fraction of sp³-hybridized carbons (Fsp3) is 0.750. The summed E-state index contributed by atoms with van der Waals surface area (Å²) < 4.78 is 62.3. The highest BCUT2D eigenvalue weighted by Crippen LogP contribution is 2.30. The average Bonchev–Trinajstić information content (AvgIpc) is 3.08. The molecule has 0 bridgehead atoms. The van der Waals surface area contributed by atoms with Crippen molar-refractivity contribution in [3.63, 3.8) is 0 Å². The molecule has 1 aliphatic rings. The summed E-state index contributed by atoms with van der Waals surface area (Å²) in [6.45, 7) is 4.60. The molecule has 0 spiro atoms. The molecule has 1 saturated heterocycles. The van der Waals surface area contributed by atoms with Crippen molar-refractivity contribution in [2.24, 2.45) is 10.9 Å². The minimum atomic E-state index is -4.41. The lowest BCUT2D eigenvalue weighted by Gasteiger charge is -2.29. The lowest BCUT2D eigenvalue weighted by Crippen LogP contribution is -2.40. The lowest BCUT2D eigenvalue weighted by molar-refractivity contribution is -0.140. The molecular weight excluding hydrogens is 415 g/mol. The summed E-state index contributed by atoms with van der Waals surface area (Å²) in [4.78, 5) is 8.14. The molecule has 0 aliphatic carbocycles. The second-order valence-electron chi connectivity index (χ2n) is 6.63. The van der Waals surface area contributed by atoms with E-state index >= 15 is 0 Å². The van der Waals surface area contributed by atoms with E-state index < -0.39 is 21.9 Å². The highest BCUT2D eigenvalue weighted by atomic mass is 32.2. The summed E-state index contributed by atoms with van der Waals surface area (Å²) >= 11 is 0.995. The maximum Gasteiger partial charge on any atom is 0.434 e. The molecule has 1 aliphatic heterocycles. The average molecular weight is 442 g/mol. The van der Waals surface area contributed by atoms with Crippen LogP contribution in [0, 0.1) is 5.92 Å². The smallest absolute Gasteiger partial charge is 0.357 e. The highest BCUT2D eigenvalue weighted by Gasteiger charge is 2.33. The molecule has 1 aromatic rings. The SMILES string of the molecule is CCNC(=NCC1CCN(S(C)(=O)=O)CC1)NCCc1nc(C(F)(F)F)cs1. The number of nitrogens with one attached hydrogen (secondary N) is 2. The van der Waals surface area contributed by atoms with Crippen LogP contribution in [0.25, 0.3) is 0 Å². The van der Waals surface area contributed by atoms with E-state index in [9.17, 15) is 21.6 Å². The van der Waals surface area contributed by atoms with Gasteiger partial charge in [-0.05, 0) is 25.7 Å². The Morgan fingerprint density at radius 3 is 2.57 bits per heavy atom. The zero-order valence-electron chi connectivity index (χ0n) is 15.9. The Hall–Kier alpha value is -1.40. The molecule has 160 valence electrons. The van der Waals surface area contributed by atoms with Gasteiger partial charge in [-0.15, -0.1) is 11.3 Å². The van der Waals surface area contributed by atoms with E-state index in [-0.39, 0.29) is 0 Å². The monoisotopic (exact) mass is 441 g/mol. The van der Waals surface area contributed by atoms with Gasteiger partial charge in [0.1, 0.15) is 0 Å². The molecule has 12 heteroatoms. The number of guanidine groups is 1. The fourth-order valence-electron chi connectivity index (χ4n) is 2.83. The number of hydrogen-bond donors (Lipinski definition) is 2. The maximum absolute atomic E-state index is 12.6. The highest BCUT2D eigenvalue weighted by molar-refractivity contribution is 7.88. The van der Waals surface area contributed by atoms with Crippen molar-refractivity contribution in [1.29, 1.82) is 0 Å². The van der Waals surface area contributed by atoms with Crippen LogP contribution in [0.2, 0.25) is 0 Å². The molecular formula is C16H26F3N5O2S2. The van der Waals surface area contributed by atoms with E-state index in [0.29, 0.717) is 56.0 Å². The summed E-state index contributed by atoms with van der Waals surface area (Å²) in [5.41, 5.74) is -0.853. The van der Waals surface area contributed by atoms with Crippen molar-refractivity contribution in [2.45, 2.75) is 32.4 Å². The normalized spacial score (nSPS) is 17.7. The Morgan fingerprint density at radius 1 is 1.36 bits per heavy atom. The van der Waals surface area contributed by atoms with Crippen LogP contribution in [0.3, 0.4) is 0 Å². The minimum absolute atomic E-state index is 0.307. The zero-order chi connectivity index (χ0) is 20.8. The molecule has 0 atom stereocenters. The van der Waals surface area contributed by atoms with E-state index in [2.05, 4.69) is 20.6 Å². The summed E-state index contributed by atoms with van der Waals surface area (Å²) in [6, 6.07) is 0. The molecule has 2 rings (SSSR count).